The molecule has 110 valence electrons. The Labute approximate surface area is 125 Å². The highest BCUT2D eigenvalue weighted by Crippen LogP contribution is 2.41. The van der Waals surface area contributed by atoms with Gasteiger partial charge in [-0.25, -0.2) is 4.98 Å². The minimum absolute atomic E-state index is 0.142. The van der Waals surface area contributed by atoms with Gasteiger partial charge in [-0.2, -0.15) is 0 Å². The van der Waals surface area contributed by atoms with Gasteiger partial charge < -0.3 is 9.47 Å². The number of hydrogen-bond acceptors (Lipinski definition) is 2. The molecule has 1 amide bonds. The van der Waals surface area contributed by atoms with Crippen LogP contribution in [-0.2, 0) is 10.2 Å². The SMILES string of the molecule is CC(C)c1cn(-c2ccc3c(c2)N(C)C(=O)C3(C)C)cn1. The van der Waals surface area contributed by atoms with E-state index in [4.69, 9.17) is 0 Å². The summed E-state index contributed by atoms with van der Waals surface area (Å²) in [5, 5.41) is 0. The number of rotatable bonds is 2. The van der Waals surface area contributed by atoms with Crippen molar-refractivity contribution in [1.82, 2.24) is 9.55 Å². The van der Waals surface area contributed by atoms with Gasteiger partial charge in [-0.1, -0.05) is 19.9 Å². The second kappa shape index (κ2) is 4.45. The summed E-state index contributed by atoms with van der Waals surface area (Å²) in [6.45, 7) is 8.21. The van der Waals surface area contributed by atoms with Gasteiger partial charge in [0.2, 0.25) is 5.91 Å². The molecule has 2 heterocycles. The maximum atomic E-state index is 12.3. The van der Waals surface area contributed by atoms with Crippen LogP contribution in [0.25, 0.3) is 5.69 Å². The average molecular weight is 283 g/mol. The Kier molecular flexibility index (Phi) is 2.94. The highest BCUT2D eigenvalue weighted by Gasteiger charge is 2.42. The maximum Gasteiger partial charge on any atom is 0.236 e. The number of benzene rings is 1. The summed E-state index contributed by atoms with van der Waals surface area (Å²) in [5.41, 5.74) is 3.73. The zero-order chi connectivity index (χ0) is 15.4. The van der Waals surface area contributed by atoms with Crippen LogP contribution in [0.4, 0.5) is 5.69 Å². The van der Waals surface area contributed by atoms with E-state index in [0.29, 0.717) is 5.92 Å². The fraction of sp³-hybridized carbons (Fsp3) is 0.412. The molecule has 1 aliphatic heterocycles. The second-order valence-corrected chi connectivity index (χ2v) is 6.55. The molecule has 1 aliphatic rings. The Morgan fingerprint density at radius 3 is 2.57 bits per heavy atom. The van der Waals surface area contributed by atoms with Crippen LogP contribution in [0, 0.1) is 0 Å². The first-order valence-electron chi connectivity index (χ1n) is 7.29. The van der Waals surface area contributed by atoms with Gasteiger partial charge in [0.25, 0.3) is 0 Å². The predicted octanol–water partition coefficient (Wildman–Crippen LogP) is 3.25. The fourth-order valence-electron chi connectivity index (χ4n) is 2.91. The van der Waals surface area contributed by atoms with Crippen molar-refractivity contribution >= 4 is 11.6 Å². The van der Waals surface area contributed by atoms with Crippen LogP contribution in [0.2, 0.25) is 0 Å². The molecule has 1 aromatic heterocycles. The zero-order valence-electron chi connectivity index (χ0n) is 13.2. The van der Waals surface area contributed by atoms with Gasteiger partial charge in [0.05, 0.1) is 17.4 Å². The molecule has 0 unspecified atom stereocenters. The molecule has 0 atom stereocenters. The zero-order valence-corrected chi connectivity index (χ0v) is 13.2. The Balaban J connectivity index is 2.07. The fourth-order valence-corrected chi connectivity index (χ4v) is 2.91. The molecule has 1 aromatic carbocycles. The van der Waals surface area contributed by atoms with E-state index in [9.17, 15) is 4.79 Å². The molecule has 3 rings (SSSR count). The van der Waals surface area contributed by atoms with Crippen molar-refractivity contribution in [2.45, 2.75) is 39.0 Å². The minimum Gasteiger partial charge on any atom is -0.314 e. The number of amides is 1. The standard InChI is InChI=1S/C17H21N3O/c1-11(2)14-9-20(10-18-14)12-6-7-13-15(8-12)19(5)16(21)17(13,3)4/h6-11H,1-5H3. The molecule has 2 aromatic rings. The number of anilines is 1. The van der Waals surface area contributed by atoms with Gasteiger partial charge in [0.1, 0.15) is 0 Å². The van der Waals surface area contributed by atoms with Gasteiger partial charge in [0, 0.05) is 24.6 Å². The quantitative estimate of drug-likeness (QED) is 0.848. The molecule has 0 spiro atoms. The third-order valence-electron chi connectivity index (χ3n) is 4.35. The number of likely N-dealkylation sites (N-methyl/N-ethyl adjacent to an activating group) is 1. The van der Waals surface area contributed by atoms with E-state index < -0.39 is 5.41 Å². The molecular weight excluding hydrogens is 262 g/mol. The van der Waals surface area contributed by atoms with Crippen molar-refractivity contribution < 1.29 is 4.79 Å². The third-order valence-corrected chi connectivity index (χ3v) is 4.35. The monoisotopic (exact) mass is 283 g/mol. The number of aromatic nitrogens is 2. The first-order valence-corrected chi connectivity index (χ1v) is 7.29. The Hall–Kier alpha value is -2.10. The first-order chi connectivity index (χ1) is 9.82. The van der Waals surface area contributed by atoms with Gasteiger partial charge in [-0.3, -0.25) is 4.79 Å². The average Bonchev–Trinajstić information content (AvgIpc) is 2.99. The van der Waals surface area contributed by atoms with Gasteiger partial charge in [-0.15, -0.1) is 0 Å². The first kappa shape index (κ1) is 13.9. The van der Waals surface area contributed by atoms with Gasteiger partial charge in [0.15, 0.2) is 0 Å². The smallest absolute Gasteiger partial charge is 0.236 e. The van der Waals surface area contributed by atoms with Crippen molar-refractivity contribution in [2.24, 2.45) is 0 Å². The molecule has 4 nitrogen and oxygen atoms in total. The molecule has 0 N–H and O–H groups in total. The van der Waals surface area contributed by atoms with E-state index in [1.807, 2.05) is 38.0 Å². The van der Waals surface area contributed by atoms with E-state index >= 15 is 0 Å². The molecule has 0 radical (unpaired) electrons. The van der Waals surface area contributed by atoms with Crippen LogP contribution in [0.1, 0.15) is 44.9 Å². The molecular formula is C17H21N3O. The van der Waals surface area contributed by atoms with Crippen LogP contribution in [0.5, 0.6) is 0 Å². The van der Waals surface area contributed by atoms with E-state index in [2.05, 4.69) is 37.0 Å². The van der Waals surface area contributed by atoms with Crippen LogP contribution in [-0.4, -0.2) is 22.5 Å². The van der Waals surface area contributed by atoms with Crippen LogP contribution < -0.4 is 4.90 Å². The number of hydrogen-bond donors (Lipinski definition) is 0. The van der Waals surface area contributed by atoms with Crippen LogP contribution in [0.3, 0.4) is 0 Å². The summed E-state index contributed by atoms with van der Waals surface area (Å²) in [4.78, 5) is 18.5. The van der Waals surface area contributed by atoms with Crippen molar-refractivity contribution in [1.29, 1.82) is 0 Å². The van der Waals surface area contributed by atoms with Gasteiger partial charge >= 0.3 is 0 Å². The Bertz CT molecular complexity index is 713. The van der Waals surface area contributed by atoms with E-state index in [1.54, 1.807) is 4.90 Å². The number of carbonyl (C=O) groups excluding carboxylic acids is 1. The van der Waals surface area contributed by atoms with Crippen molar-refractivity contribution in [3.8, 4) is 5.69 Å². The lowest BCUT2D eigenvalue weighted by Crippen LogP contribution is -2.33. The molecule has 4 heteroatoms. The summed E-state index contributed by atoms with van der Waals surface area (Å²) < 4.78 is 2.01. The van der Waals surface area contributed by atoms with Gasteiger partial charge in [-0.05, 0) is 37.5 Å². The van der Waals surface area contributed by atoms with Crippen molar-refractivity contribution in [3.63, 3.8) is 0 Å². The summed E-state index contributed by atoms with van der Waals surface area (Å²) in [6.07, 6.45) is 3.88. The summed E-state index contributed by atoms with van der Waals surface area (Å²) in [6, 6.07) is 6.17. The van der Waals surface area contributed by atoms with E-state index in [1.165, 1.54) is 0 Å². The third kappa shape index (κ3) is 1.97. The summed E-state index contributed by atoms with van der Waals surface area (Å²) >= 11 is 0. The molecule has 0 bridgehead atoms. The van der Waals surface area contributed by atoms with Crippen LogP contribution in [0.15, 0.2) is 30.7 Å². The lowest BCUT2D eigenvalue weighted by molar-refractivity contribution is -0.121. The Morgan fingerprint density at radius 1 is 1.24 bits per heavy atom. The second-order valence-electron chi connectivity index (χ2n) is 6.55. The number of carbonyl (C=O) groups is 1. The highest BCUT2D eigenvalue weighted by molar-refractivity contribution is 6.07. The lowest BCUT2D eigenvalue weighted by Gasteiger charge is -2.16. The molecule has 0 saturated heterocycles. The topological polar surface area (TPSA) is 38.1 Å². The molecule has 0 saturated carbocycles. The summed E-state index contributed by atoms with van der Waals surface area (Å²) in [7, 11) is 1.84. The largest absolute Gasteiger partial charge is 0.314 e. The maximum absolute atomic E-state index is 12.3. The summed E-state index contributed by atoms with van der Waals surface area (Å²) in [5.74, 6) is 0.548. The molecule has 0 fully saturated rings. The van der Waals surface area contributed by atoms with Crippen molar-refractivity contribution in [3.05, 3.63) is 42.0 Å². The molecule has 0 aliphatic carbocycles. The predicted molar refractivity (Wildman–Crippen MR) is 84.1 cm³/mol. The normalized spacial score (nSPS) is 16.7. The number of imidazole rings is 1. The minimum atomic E-state index is -0.444. The highest BCUT2D eigenvalue weighted by atomic mass is 16.2. The number of nitrogens with zero attached hydrogens (tertiary/aromatic N) is 3. The van der Waals surface area contributed by atoms with Crippen molar-refractivity contribution in [2.75, 3.05) is 11.9 Å². The Morgan fingerprint density at radius 2 is 1.95 bits per heavy atom. The lowest BCUT2D eigenvalue weighted by atomic mass is 9.86. The number of fused-ring (bicyclic) bond motifs is 1. The van der Waals surface area contributed by atoms with Crippen LogP contribution >= 0.6 is 0 Å². The van der Waals surface area contributed by atoms with E-state index in [-0.39, 0.29) is 5.91 Å². The van der Waals surface area contributed by atoms with E-state index in [0.717, 1.165) is 22.6 Å². The molecule has 21 heavy (non-hydrogen) atoms.